The molecule has 17 rings (SSSR count). The number of ether oxygens (including phenoxy) is 1. The minimum Gasteiger partial charge on any atom is -0.478 e. The average molecular weight is 1850 g/mol. The van der Waals surface area contributed by atoms with Crippen LogP contribution in [0.4, 0.5) is 65.9 Å². The van der Waals surface area contributed by atoms with Crippen LogP contribution in [0.2, 0.25) is 0 Å². The summed E-state index contributed by atoms with van der Waals surface area (Å²) in [6.45, 7) is -0.0270. The number of carbonyl (C=O) groups excluding carboxylic acids is 6. The molecular weight excluding hydrogens is 1780 g/mol. The van der Waals surface area contributed by atoms with Gasteiger partial charge >= 0.3 is 36.6 Å². The molecule has 9 N–H and O–H groups in total. The van der Waals surface area contributed by atoms with Gasteiger partial charge in [-0.15, -0.1) is 0 Å². The summed E-state index contributed by atoms with van der Waals surface area (Å²) in [5.74, 6) is -12.8. The summed E-state index contributed by atoms with van der Waals surface area (Å²) < 4.78 is 209. The van der Waals surface area contributed by atoms with Crippen LogP contribution in [0.3, 0.4) is 0 Å². The summed E-state index contributed by atoms with van der Waals surface area (Å²) in [5.41, 5.74) is 0.377. The van der Waals surface area contributed by atoms with E-state index in [0.29, 0.717) is 79.2 Å². The summed E-state index contributed by atoms with van der Waals surface area (Å²) in [6, 6.07) is 32.5. The van der Waals surface area contributed by atoms with Crippen LogP contribution in [0.15, 0.2) is 142 Å². The highest BCUT2D eigenvalue weighted by Crippen LogP contribution is 2.38. The number of carboxylic acids is 1. The van der Waals surface area contributed by atoms with E-state index in [0.717, 1.165) is 43.6 Å². The van der Waals surface area contributed by atoms with Gasteiger partial charge in [0.2, 0.25) is 23.3 Å². The van der Waals surface area contributed by atoms with E-state index >= 15 is 0 Å². The number of amides is 5. The van der Waals surface area contributed by atoms with Crippen molar-refractivity contribution in [1.29, 1.82) is 0 Å². The molecule has 0 aliphatic carbocycles. The fourth-order valence-corrected chi connectivity index (χ4v) is 15.1. The lowest BCUT2D eigenvalue weighted by molar-refractivity contribution is -0.148. The summed E-state index contributed by atoms with van der Waals surface area (Å²) in [4.78, 5) is 137. The minimum absolute atomic E-state index is 0.0863. The third kappa shape index (κ3) is 20.1. The maximum absolute atomic E-state index is 14.8. The number of halogens is 15. The van der Waals surface area contributed by atoms with Gasteiger partial charge in [-0.2, -0.15) is 68.0 Å². The molecule has 33 nitrogen and oxygen atoms in total. The Kier molecular flexibility index (Phi) is 27.6. The predicted octanol–water partition coefficient (Wildman–Crippen LogP) is 9.28. The number of nitrogens with zero attached hydrogens (tertiary/aromatic N) is 13. The van der Waals surface area contributed by atoms with Crippen molar-refractivity contribution < 1.29 is 109 Å². The fourth-order valence-electron chi connectivity index (χ4n) is 15.1. The highest BCUT2D eigenvalue weighted by Gasteiger charge is 2.46. The largest absolute Gasteiger partial charge is 0.478 e. The molecule has 0 saturated heterocycles. The predicted molar refractivity (Wildman–Crippen MR) is 435 cm³/mol. The average Bonchev–Trinajstić information content (AvgIpc) is 1.61. The monoisotopic (exact) mass is 1850 g/mol. The van der Waals surface area contributed by atoms with Crippen molar-refractivity contribution >= 4 is 73.8 Å². The Balaban J connectivity index is 0.000000147. The third-order valence-corrected chi connectivity index (χ3v) is 21.3. The number of aromatic amines is 3. The van der Waals surface area contributed by atoms with Gasteiger partial charge in [0, 0.05) is 122 Å². The summed E-state index contributed by atoms with van der Waals surface area (Å²) >= 11 is 0. The Hall–Kier alpha value is -15.3. The number of esters is 1. The number of aromatic carboxylic acids is 1. The normalized spacial score (nSPS) is 13.5. The molecule has 0 bridgehead atoms. The second-order valence-electron chi connectivity index (χ2n) is 29.5. The maximum Gasteiger partial charge on any atom is 0.449 e. The van der Waals surface area contributed by atoms with Crippen molar-refractivity contribution in [3.05, 3.63) is 295 Å². The maximum atomic E-state index is 14.8. The van der Waals surface area contributed by atoms with Gasteiger partial charge in [0.1, 0.15) is 17.5 Å². The Morgan fingerprint density at radius 3 is 0.992 bits per heavy atom. The van der Waals surface area contributed by atoms with Crippen LogP contribution < -0.4 is 43.3 Å². The lowest BCUT2D eigenvalue weighted by atomic mass is 10.0. The lowest BCUT2D eigenvalue weighted by Gasteiger charge is -2.30. The van der Waals surface area contributed by atoms with Gasteiger partial charge in [-0.1, -0.05) is 72.8 Å². The van der Waals surface area contributed by atoms with Crippen molar-refractivity contribution in [2.75, 3.05) is 54.4 Å². The second-order valence-corrected chi connectivity index (χ2v) is 29.5. The van der Waals surface area contributed by atoms with E-state index in [4.69, 9.17) is 5.11 Å². The number of carbonyl (C=O) groups is 7. The molecule has 0 unspecified atom stereocenters. The first-order valence-corrected chi connectivity index (χ1v) is 39.5. The van der Waals surface area contributed by atoms with E-state index in [2.05, 4.69) is 81.8 Å². The first kappa shape index (κ1) is 94.4. The van der Waals surface area contributed by atoms with Gasteiger partial charge in [-0.3, -0.25) is 38.4 Å². The summed E-state index contributed by atoms with van der Waals surface area (Å²) in [6.07, 6.45) is -18.1. The van der Waals surface area contributed by atoms with E-state index < -0.39 is 118 Å². The van der Waals surface area contributed by atoms with Crippen LogP contribution in [0, 0.1) is 17.5 Å². The molecule has 690 valence electrons. The van der Waals surface area contributed by atoms with Gasteiger partial charge in [0.15, 0.2) is 22.8 Å². The molecule has 0 saturated carbocycles. The number of benzene rings is 6. The number of carboxylic acid groups (broad SMARTS) is 1. The molecule has 11 heterocycles. The Labute approximate surface area is 731 Å². The molecule has 132 heavy (non-hydrogen) atoms. The molecule has 5 amide bonds. The topological polar surface area (TPSA) is 424 Å². The number of imidazole rings is 4. The summed E-state index contributed by atoms with van der Waals surface area (Å²) in [7, 11) is 4.98. The van der Waals surface area contributed by atoms with Gasteiger partial charge in [0.25, 0.3) is 46.2 Å². The number of rotatable bonds is 13. The van der Waals surface area contributed by atoms with Crippen molar-refractivity contribution in [2.45, 2.75) is 96.3 Å². The molecule has 7 aromatic heterocycles. The Bertz CT molecular complexity index is 6560. The first-order chi connectivity index (χ1) is 62.6. The molecule has 4 aliphatic heterocycles. The minimum atomic E-state index is -4.80. The van der Waals surface area contributed by atoms with E-state index in [-0.39, 0.29) is 152 Å². The number of H-pyrrole nitrogens is 3. The number of hydrogen-bond acceptors (Lipinski definition) is 20. The fraction of sp³-hybridized carbons (Fsp3) is 0.274. The number of hydrogen-bond donors (Lipinski definition) is 9. The van der Waals surface area contributed by atoms with Crippen LogP contribution in [-0.2, 0) is 101 Å². The number of fused-ring (bicyclic) bond motifs is 7. The van der Waals surface area contributed by atoms with Crippen LogP contribution >= 0.6 is 0 Å². The molecule has 13 aromatic rings. The smallest absolute Gasteiger partial charge is 0.449 e. The third-order valence-electron chi connectivity index (χ3n) is 21.3. The van der Waals surface area contributed by atoms with Crippen molar-refractivity contribution in [3.8, 4) is 0 Å². The van der Waals surface area contributed by atoms with E-state index in [1.165, 1.54) is 67.3 Å². The number of aromatic nitrogens is 14. The van der Waals surface area contributed by atoms with Crippen LogP contribution in [0.5, 0.6) is 0 Å². The van der Waals surface area contributed by atoms with Gasteiger partial charge in [0.05, 0.1) is 92.9 Å². The van der Waals surface area contributed by atoms with E-state index in [9.17, 15) is 114 Å². The Morgan fingerprint density at radius 1 is 0.394 bits per heavy atom. The highest BCUT2D eigenvalue weighted by atomic mass is 19.4. The van der Waals surface area contributed by atoms with E-state index in [1.807, 2.05) is 0 Å². The van der Waals surface area contributed by atoms with Gasteiger partial charge < -0.3 is 64.5 Å². The van der Waals surface area contributed by atoms with Crippen molar-refractivity contribution in [3.63, 3.8) is 0 Å². The van der Waals surface area contributed by atoms with Gasteiger partial charge in [-0.05, 0) is 71.3 Å². The van der Waals surface area contributed by atoms with Crippen molar-refractivity contribution in [2.24, 2.45) is 0 Å². The SMILES string of the molecule is CNC(=O)c1nc(C(F)(F)F)n2c1CN(C(=O)c1cc(Cc3n[nH]c(=O)c4ccccc34)ccc1F)CC2.CNC(=O)c1nc(C(F)(F)F)n2c1CN(C(=O)c1cc(Cc3n[nH]c(=O)c4ccccc34)ccc1F)CC2.CNC(=O)c1nc(C(F)(F)F)n2c1CNCC2.COC(=O)c1nc(C(F)(F)F)n2c1CNCC2.O=C(O)c1cc(Cc2n[nH]c(=O)c3ccccc23)ccc1F. The summed E-state index contributed by atoms with van der Waals surface area (Å²) in [5, 5.41) is 44.4. The number of methoxy groups -OCH3 is 1. The molecule has 4 aliphatic rings. The highest BCUT2D eigenvalue weighted by molar-refractivity contribution is 5.98. The van der Waals surface area contributed by atoms with Crippen LogP contribution in [0.1, 0.15) is 153 Å². The molecule has 0 atom stereocenters. The Morgan fingerprint density at radius 2 is 0.682 bits per heavy atom. The molecule has 48 heteroatoms. The van der Waals surface area contributed by atoms with E-state index in [1.54, 1.807) is 72.8 Å². The molecule has 0 radical (unpaired) electrons. The number of alkyl halides is 12. The first-order valence-electron chi connectivity index (χ1n) is 39.5. The molecule has 0 fully saturated rings. The standard InChI is InChI=1S/2C25H20F4N6O3.C16H11FN2O3.C9H11F3N4O.C9H10F3N3O2/c2*1-30-22(37)20-19-12-34(8-9-35(19)24(31-20)25(27,28)29)23(38)16-10-13(6-7-17(16)26)11-18-14-4-2-3-5-15(14)21(36)33-32-18;17-13-6-5-9(7-12(13)16(21)22)8-14-10-3-1-2-4-11(10)15(20)19-18-14;1-13-7(17)6-5-4-14-2-3-16(5)8(15-6)9(10,11)12;1-17-7(16)6-5-4-13-2-3-15(5)8(14-6)9(10,11)12/h2*2-7,10H,8-9,11-12H2,1H3,(H,30,37)(H,33,36);1-7H,8H2,(H,19,20)(H,21,22);14H,2-4H2,1H3,(H,13,17);13H,2-4H2,1H3. The molecular formula is C84H72F15N21O12. The lowest BCUT2D eigenvalue weighted by Crippen LogP contribution is -2.40. The zero-order valence-electron chi connectivity index (χ0n) is 69.2. The quantitative estimate of drug-likeness (QED) is 0.0383. The molecule has 6 aromatic carbocycles. The van der Waals surface area contributed by atoms with Crippen LogP contribution in [0.25, 0.3) is 32.3 Å². The zero-order valence-corrected chi connectivity index (χ0v) is 69.2. The molecule has 0 spiro atoms. The van der Waals surface area contributed by atoms with Crippen molar-refractivity contribution in [1.82, 2.24) is 105 Å². The zero-order chi connectivity index (χ0) is 95.3. The van der Waals surface area contributed by atoms with Crippen LogP contribution in [-0.4, -0.2) is 180 Å². The second kappa shape index (κ2) is 38.6. The number of nitrogens with one attached hydrogen (secondary N) is 8. The van der Waals surface area contributed by atoms with Gasteiger partial charge in [-0.25, -0.2) is 58.0 Å².